The van der Waals surface area contributed by atoms with Gasteiger partial charge in [0.25, 0.3) is 5.91 Å². The molecule has 0 saturated carbocycles. The van der Waals surface area contributed by atoms with Gasteiger partial charge in [-0.3, -0.25) is 4.79 Å². The van der Waals surface area contributed by atoms with Crippen molar-refractivity contribution >= 4 is 35.2 Å². The number of halogens is 2. The molecule has 0 aliphatic carbocycles. The Labute approximate surface area is 156 Å². The van der Waals surface area contributed by atoms with E-state index in [1.54, 1.807) is 6.07 Å². The van der Waals surface area contributed by atoms with E-state index in [4.69, 9.17) is 16.3 Å². The second-order valence-corrected chi connectivity index (χ2v) is 6.26. The van der Waals surface area contributed by atoms with E-state index in [0.29, 0.717) is 5.69 Å². The summed E-state index contributed by atoms with van der Waals surface area (Å²) in [6.45, 7) is 5.29. The highest BCUT2D eigenvalue weighted by Gasteiger charge is 2.17. The number of esters is 1. The van der Waals surface area contributed by atoms with Crippen LogP contribution in [0.25, 0.3) is 6.08 Å². The third-order valence-corrected chi connectivity index (χ3v) is 4.02. The minimum absolute atomic E-state index is 0.0819. The summed E-state index contributed by atoms with van der Waals surface area (Å²) in [5, 5.41) is 2.89. The first-order chi connectivity index (χ1) is 12.3. The fourth-order valence-electron chi connectivity index (χ4n) is 2.28. The summed E-state index contributed by atoms with van der Waals surface area (Å²) in [5.74, 6) is -1.78. The quantitative estimate of drug-likeness (QED) is 0.609. The monoisotopic (exact) mass is 375 g/mol. The van der Waals surface area contributed by atoms with Crippen molar-refractivity contribution in [2.45, 2.75) is 26.9 Å². The minimum atomic E-state index is -1.01. The van der Waals surface area contributed by atoms with E-state index in [-0.39, 0.29) is 10.6 Å². The van der Waals surface area contributed by atoms with Gasteiger partial charge in [-0.05, 0) is 50.6 Å². The molecule has 0 aliphatic heterocycles. The van der Waals surface area contributed by atoms with Crippen LogP contribution in [-0.2, 0) is 14.3 Å². The van der Waals surface area contributed by atoms with Crippen LogP contribution < -0.4 is 5.32 Å². The first-order valence-electron chi connectivity index (χ1n) is 7.98. The Bertz CT molecular complexity index is 844. The molecule has 6 heteroatoms. The summed E-state index contributed by atoms with van der Waals surface area (Å²) in [6, 6.07) is 9.81. The molecule has 0 bridgehead atoms. The second kappa shape index (κ2) is 8.63. The van der Waals surface area contributed by atoms with Crippen LogP contribution in [0.1, 0.15) is 23.6 Å². The first-order valence-corrected chi connectivity index (χ1v) is 8.36. The Morgan fingerprint density at radius 3 is 2.62 bits per heavy atom. The van der Waals surface area contributed by atoms with E-state index < -0.39 is 23.8 Å². The van der Waals surface area contributed by atoms with Gasteiger partial charge in [0, 0.05) is 17.3 Å². The van der Waals surface area contributed by atoms with Crippen molar-refractivity contribution < 1.29 is 18.7 Å². The molecule has 4 nitrogen and oxygen atoms in total. The number of aryl methyl sites for hydroxylation is 2. The molecule has 1 atom stereocenters. The van der Waals surface area contributed by atoms with Crippen LogP contribution in [0, 0.1) is 19.7 Å². The molecule has 2 aromatic rings. The van der Waals surface area contributed by atoms with Gasteiger partial charge in [0.05, 0.1) is 5.02 Å². The van der Waals surface area contributed by atoms with Crippen molar-refractivity contribution in [1.82, 2.24) is 0 Å². The van der Waals surface area contributed by atoms with Gasteiger partial charge in [0.15, 0.2) is 6.10 Å². The lowest BCUT2D eigenvalue weighted by molar-refractivity contribution is -0.148. The molecule has 0 unspecified atom stereocenters. The zero-order chi connectivity index (χ0) is 19.3. The number of nitrogens with one attached hydrogen (secondary N) is 1. The zero-order valence-corrected chi connectivity index (χ0v) is 15.4. The maximum atomic E-state index is 13.6. The zero-order valence-electron chi connectivity index (χ0n) is 14.7. The highest BCUT2D eigenvalue weighted by Crippen LogP contribution is 2.20. The van der Waals surface area contributed by atoms with Crippen LogP contribution >= 0.6 is 11.6 Å². The lowest BCUT2D eigenvalue weighted by Crippen LogP contribution is -2.29. The predicted molar refractivity (Wildman–Crippen MR) is 101 cm³/mol. The van der Waals surface area contributed by atoms with Gasteiger partial charge < -0.3 is 10.1 Å². The number of rotatable bonds is 5. The number of hydrogen-bond donors (Lipinski definition) is 1. The molecular weight excluding hydrogens is 357 g/mol. The van der Waals surface area contributed by atoms with Crippen molar-refractivity contribution in [3.05, 3.63) is 70.0 Å². The Morgan fingerprint density at radius 1 is 1.23 bits per heavy atom. The Morgan fingerprint density at radius 2 is 1.96 bits per heavy atom. The van der Waals surface area contributed by atoms with Crippen LogP contribution in [0.15, 0.2) is 42.5 Å². The molecule has 0 heterocycles. The van der Waals surface area contributed by atoms with Gasteiger partial charge in [-0.2, -0.15) is 0 Å². The fraction of sp³-hybridized carbons (Fsp3) is 0.200. The van der Waals surface area contributed by atoms with Crippen LogP contribution in [-0.4, -0.2) is 18.0 Å². The summed E-state index contributed by atoms with van der Waals surface area (Å²) >= 11 is 5.88. The number of hydrogen-bond acceptors (Lipinski definition) is 3. The molecule has 0 spiro atoms. The standard InChI is InChI=1S/C20H19ClFNO3/c1-12-7-9-18(13(2)11-12)23-20(25)14(3)26-19(24)10-8-15-16(21)5-4-6-17(15)22/h4-11,14H,1-3H3,(H,23,25)/b10-8+/t14-/m1/s1. The third kappa shape index (κ3) is 5.17. The molecule has 0 aliphatic rings. The van der Waals surface area contributed by atoms with E-state index in [2.05, 4.69) is 5.32 Å². The molecule has 1 amide bonds. The van der Waals surface area contributed by atoms with Gasteiger partial charge >= 0.3 is 5.97 Å². The van der Waals surface area contributed by atoms with Crippen molar-refractivity contribution in [1.29, 1.82) is 0 Å². The summed E-state index contributed by atoms with van der Waals surface area (Å²) in [5.41, 5.74) is 2.72. The molecule has 136 valence electrons. The normalized spacial score (nSPS) is 12.0. The molecule has 0 fully saturated rings. The average Bonchev–Trinajstić information content (AvgIpc) is 2.56. The minimum Gasteiger partial charge on any atom is -0.449 e. The average molecular weight is 376 g/mol. The van der Waals surface area contributed by atoms with Gasteiger partial charge in [0.1, 0.15) is 5.82 Å². The van der Waals surface area contributed by atoms with Crippen molar-refractivity contribution in [3.63, 3.8) is 0 Å². The third-order valence-electron chi connectivity index (χ3n) is 3.69. The van der Waals surface area contributed by atoms with Crippen LogP contribution in [0.4, 0.5) is 10.1 Å². The van der Waals surface area contributed by atoms with Gasteiger partial charge in [0.2, 0.25) is 0 Å². The van der Waals surface area contributed by atoms with Gasteiger partial charge in [-0.15, -0.1) is 0 Å². The maximum Gasteiger partial charge on any atom is 0.331 e. The van der Waals surface area contributed by atoms with E-state index in [0.717, 1.165) is 17.2 Å². The van der Waals surface area contributed by atoms with Gasteiger partial charge in [-0.25, -0.2) is 9.18 Å². The van der Waals surface area contributed by atoms with Crippen LogP contribution in [0.3, 0.4) is 0 Å². The molecule has 1 N–H and O–H groups in total. The SMILES string of the molecule is Cc1ccc(NC(=O)[C@@H](C)OC(=O)/C=C/c2c(F)cccc2Cl)c(C)c1. The smallest absolute Gasteiger partial charge is 0.331 e. The van der Waals surface area contributed by atoms with Gasteiger partial charge in [-0.1, -0.05) is 35.4 Å². The van der Waals surface area contributed by atoms with Crippen LogP contribution in [0.2, 0.25) is 5.02 Å². The Balaban J connectivity index is 1.97. The van der Waals surface area contributed by atoms with Crippen molar-refractivity contribution in [2.24, 2.45) is 0 Å². The summed E-state index contributed by atoms with van der Waals surface area (Å²) in [7, 11) is 0. The number of ether oxygens (including phenoxy) is 1. The van der Waals surface area contributed by atoms with Crippen LogP contribution in [0.5, 0.6) is 0 Å². The summed E-state index contributed by atoms with van der Waals surface area (Å²) in [6.07, 6.45) is 1.24. The first kappa shape index (κ1) is 19.7. The van der Waals surface area contributed by atoms with Crippen molar-refractivity contribution in [3.8, 4) is 0 Å². The fourth-order valence-corrected chi connectivity index (χ4v) is 2.50. The number of anilines is 1. The number of benzene rings is 2. The summed E-state index contributed by atoms with van der Waals surface area (Å²) in [4.78, 5) is 24.0. The Kier molecular flexibility index (Phi) is 6.52. The second-order valence-electron chi connectivity index (χ2n) is 5.86. The maximum absolute atomic E-state index is 13.6. The highest BCUT2D eigenvalue weighted by molar-refractivity contribution is 6.32. The summed E-state index contributed by atoms with van der Waals surface area (Å²) < 4.78 is 18.7. The van der Waals surface area contributed by atoms with E-state index >= 15 is 0 Å². The Hall–Kier alpha value is -2.66. The van der Waals surface area contributed by atoms with E-state index in [9.17, 15) is 14.0 Å². The number of carbonyl (C=O) groups excluding carboxylic acids is 2. The molecule has 26 heavy (non-hydrogen) atoms. The predicted octanol–water partition coefficient (Wildman–Crippen LogP) is 4.68. The van der Waals surface area contributed by atoms with E-state index in [1.165, 1.54) is 31.2 Å². The molecule has 0 radical (unpaired) electrons. The topological polar surface area (TPSA) is 55.4 Å². The van der Waals surface area contributed by atoms with E-state index in [1.807, 2.05) is 26.0 Å². The number of amides is 1. The van der Waals surface area contributed by atoms with Crippen molar-refractivity contribution in [2.75, 3.05) is 5.32 Å². The molecule has 0 aromatic heterocycles. The largest absolute Gasteiger partial charge is 0.449 e. The highest BCUT2D eigenvalue weighted by atomic mass is 35.5. The lowest BCUT2D eigenvalue weighted by Gasteiger charge is -2.14. The molecule has 2 rings (SSSR count). The molecule has 0 saturated heterocycles. The molecular formula is C20H19ClFNO3. The lowest BCUT2D eigenvalue weighted by atomic mass is 10.1. The molecule has 2 aromatic carbocycles. The number of carbonyl (C=O) groups is 2.